The van der Waals surface area contributed by atoms with E-state index in [1.165, 1.54) is 0 Å². The molecule has 1 aliphatic rings. The minimum absolute atomic E-state index is 0.00153. The molecule has 1 N–H and O–H groups in total. The monoisotopic (exact) mass is 142 g/mol. The number of rotatable bonds is 0. The predicted molar refractivity (Wildman–Crippen MR) is 34.5 cm³/mol. The van der Waals surface area contributed by atoms with E-state index in [0.29, 0.717) is 12.8 Å². The number of ketones is 2. The topological polar surface area (TPSA) is 54.4 Å². The van der Waals surface area contributed by atoms with E-state index in [1.807, 2.05) is 0 Å². The molecule has 3 nitrogen and oxygen atoms in total. The predicted octanol–water partition coefficient (Wildman–Crippen LogP) is 0.0595. The van der Waals surface area contributed by atoms with Gasteiger partial charge in [-0.15, -0.1) is 0 Å². The van der Waals surface area contributed by atoms with Gasteiger partial charge in [0.25, 0.3) is 0 Å². The van der Waals surface area contributed by atoms with Gasteiger partial charge in [-0.2, -0.15) is 0 Å². The van der Waals surface area contributed by atoms with E-state index in [9.17, 15) is 9.59 Å². The molecule has 10 heavy (non-hydrogen) atoms. The summed E-state index contributed by atoms with van der Waals surface area (Å²) < 4.78 is 0. The lowest BCUT2D eigenvalue weighted by Gasteiger charge is -2.00. The zero-order chi connectivity index (χ0) is 7.56. The lowest BCUT2D eigenvalue weighted by atomic mass is 10.1. The van der Waals surface area contributed by atoms with Gasteiger partial charge in [-0.3, -0.25) is 9.59 Å². The highest BCUT2D eigenvalue weighted by Gasteiger charge is 2.19. The molecule has 0 amide bonds. The maximum absolute atomic E-state index is 10.7. The minimum Gasteiger partial charge on any atom is -0.392 e. The quantitative estimate of drug-likeness (QED) is 0.486. The Morgan fingerprint density at radius 1 is 1.10 bits per heavy atom. The van der Waals surface area contributed by atoms with Crippen LogP contribution in [0.1, 0.15) is 25.7 Å². The SMILES string of the molecule is O=C1CCC(=O)CC(O)C1. The Morgan fingerprint density at radius 3 is 1.90 bits per heavy atom. The fourth-order valence-electron chi connectivity index (χ4n) is 1.08. The third-order valence-electron chi connectivity index (χ3n) is 1.61. The van der Waals surface area contributed by atoms with E-state index in [-0.39, 0.29) is 24.4 Å². The molecule has 0 bridgehead atoms. The molecular weight excluding hydrogens is 132 g/mol. The number of aliphatic hydroxyl groups is 1. The molecule has 0 saturated heterocycles. The Labute approximate surface area is 59.0 Å². The Kier molecular flexibility index (Phi) is 2.17. The van der Waals surface area contributed by atoms with Gasteiger partial charge in [0.1, 0.15) is 11.6 Å². The van der Waals surface area contributed by atoms with E-state index in [1.54, 1.807) is 0 Å². The van der Waals surface area contributed by atoms with Crippen LogP contribution in [0.15, 0.2) is 0 Å². The first-order chi connectivity index (χ1) is 4.68. The van der Waals surface area contributed by atoms with Crippen molar-refractivity contribution in [3.63, 3.8) is 0 Å². The van der Waals surface area contributed by atoms with Crippen LogP contribution in [-0.4, -0.2) is 22.8 Å². The molecule has 0 spiro atoms. The summed E-state index contributed by atoms with van der Waals surface area (Å²) in [5.74, 6) is -0.00306. The number of carbonyl (C=O) groups excluding carboxylic acids is 2. The van der Waals surface area contributed by atoms with Crippen molar-refractivity contribution in [2.45, 2.75) is 31.8 Å². The summed E-state index contributed by atoms with van der Waals surface area (Å²) in [5.41, 5.74) is 0. The van der Waals surface area contributed by atoms with Crippen LogP contribution in [0, 0.1) is 0 Å². The fraction of sp³-hybridized carbons (Fsp3) is 0.714. The largest absolute Gasteiger partial charge is 0.392 e. The van der Waals surface area contributed by atoms with Crippen molar-refractivity contribution in [3.05, 3.63) is 0 Å². The molecule has 1 rings (SSSR count). The molecule has 56 valence electrons. The van der Waals surface area contributed by atoms with E-state index in [2.05, 4.69) is 0 Å². The summed E-state index contributed by atoms with van der Waals surface area (Å²) in [5, 5.41) is 8.99. The maximum Gasteiger partial charge on any atom is 0.135 e. The third-order valence-corrected chi connectivity index (χ3v) is 1.61. The van der Waals surface area contributed by atoms with Crippen molar-refractivity contribution in [2.75, 3.05) is 0 Å². The highest BCUT2D eigenvalue weighted by atomic mass is 16.3. The molecule has 0 atom stereocenters. The molecule has 1 fully saturated rings. The second kappa shape index (κ2) is 2.92. The molecule has 1 saturated carbocycles. The van der Waals surface area contributed by atoms with Crippen LogP contribution in [0.3, 0.4) is 0 Å². The third kappa shape index (κ3) is 1.92. The minimum atomic E-state index is -0.720. The van der Waals surface area contributed by atoms with Crippen LogP contribution < -0.4 is 0 Å². The molecule has 0 aromatic carbocycles. The summed E-state index contributed by atoms with van der Waals surface area (Å²) in [6.07, 6.45) is 0.228. The number of aliphatic hydroxyl groups excluding tert-OH is 1. The van der Waals surface area contributed by atoms with Crippen molar-refractivity contribution < 1.29 is 14.7 Å². The lowest BCUT2D eigenvalue weighted by Crippen LogP contribution is -2.11. The smallest absolute Gasteiger partial charge is 0.135 e. The molecule has 0 heterocycles. The van der Waals surface area contributed by atoms with Gasteiger partial charge in [-0.25, -0.2) is 0 Å². The molecule has 3 heteroatoms. The van der Waals surface area contributed by atoms with Gasteiger partial charge in [0.2, 0.25) is 0 Å². The first kappa shape index (κ1) is 7.41. The van der Waals surface area contributed by atoms with Gasteiger partial charge in [0.05, 0.1) is 6.10 Å². The van der Waals surface area contributed by atoms with Gasteiger partial charge < -0.3 is 5.11 Å². The van der Waals surface area contributed by atoms with Gasteiger partial charge in [0, 0.05) is 25.7 Å². The van der Waals surface area contributed by atoms with Crippen LogP contribution in [0.25, 0.3) is 0 Å². The van der Waals surface area contributed by atoms with Gasteiger partial charge in [-0.05, 0) is 0 Å². The molecule has 0 aliphatic heterocycles. The standard InChI is InChI=1S/C7H10O3/c8-5-1-2-6(9)4-7(10)3-5/h7,10H,1-4H2. The van der Waals surface area contributed by atoms with Crippen LogP contribution in [0.5, 0.6) is 0 Å². The van der Waals surface area contributed by atoms with Crippen LogP contribution in [0.4, 0.5) is 0 Å². The number of Topliss-reactive ketones (excluding diaryl/α,β-unsaturated/α-hetero) is 2. The van der Waals surface area contributed by atoms with Crippen LogP contribution in [0.2, 0.25) is 0 Å². The zero-order valence-corrected chi connectivity index (χ0v) is 5.67. The second-order valence-electron chi connectivity index (χ2n) is 2.64. The van der Waals surface area contributed by atoms with Crippen molar-refractivity contribution >= 4 is 11.6 Å². The maximum atomic E-state index is 10.7. The summed E-state index contributed by atoms with van der Waals surface area (Å²) in [7, 11) is 0. The molecular formula is C7H10O3. The van der Waals surface area contributed by atoms with E-state index in [0.717, 1.165) is 0 Å². The van der Waals surface area contributed by atoms with E-state index >= 15 is 0 Å². The lowest BCUT2D eigenvalue weighted by molar-refractivity contribution is -0.122. The first-order valence-electron chi connectivity index (χ1n) is 3.40. The van der Waals surface area contributed by atoms with Gasteiger partial charge in [0.15, 0.2) is 0 Å². The Bertz CT molecular complexity index is 144. The van der Waals surface area contributed by atoms with Crippen molar-refractivity contribution in [2.24, 2.45) is 0 Å². The summed E-state index contributed by atoms with van der Waals surface area (Å²) in [6.45, 7) is 0. The normalized spacial score (nSPS) is 22.9. The van der Waals surface area contributed by atoms with Gasteiger partial charge in [-0.1, -0.05) is 0 Å². The molecule has 0 aromatic rings. The Balaban J connectivity index is 2.54. The highest BCUT2D eigenvalue weighted by Crippen LogP contribution is 2.11. The molecule has 0 unspecified atom stereocenters. The average Bonchev–Trinajstić information content (AvgIpc) is 1.93. The molecule has 0 radical (unpaired) electrons. The fourth-order valence-corrected chi connectivity index (χ4v) is 1.08. The number of hydrogen-bond acceptors (Lipinski definition) is 3. The molecule has 1 aliphatic carbocycles. The van der Waals surface area contributed by atoms with Crippen LogP contribution in [-0.2, 0) is 9.59 Å². The van der Waals surface area contributed by atoms with Crippen LogP contribution >= 0.6 is 0 Å². The first-order valence-corrected chi connectivity index (χ1v) is 3.40. The van der Waals surface area contributed by atoms with E-state index in [4.69, 9.17) is 5.11 Å². The zero-order valence-electron chi connectivity index (χ0n) is 5.67. The summed E-state index contributed by atoms with van der Waals surface area (Å²) in [6, 6.07) is 0. The van der Waals surface area contributed by atoms with Crippen molar-refractivity contribution in [1.82, 2.24) is 0 Å². The summed E-state index contributed by atoms with van der Waals surface area (Å²) in [4.78, 5) is 21.5. The number of hydrogen-bond donors (Lipinski definition) is 1. The second-order valence-corrected chi connectivity index (χ2v) is 2.64. The number of carbonyl (C=O) groups is 2. The highest BCUT2D eigenvalue weighted by molar-refractivity contribution is 5.89. The van der Waals surface area contributed by atoms with Gasteiger partial charge >= 0.3 is 0 Å². The Hall–Kier alpha value is -0.700. The van der Waals surface area contributed by atoms with E-state index < -0.39 is 6.10 Å². The van der Waals surface area contributed by atoms with Crippen molar-refractivity contribution in [3.8, 4) is 0 Å². The average molecular weight is 142 g/mol. The Morgan fingerprint density at radius 2 is 1.50 bits per heavy atom. The molecule has 0 aromatic heterocycles. The summed E-state index contributed by atoms with van der Waals surface area (Å²) >= 11 is 0. The van der Waals surface area contributed by atoms with Crippen molar-refractivity contribution in [1.29, 1.82) is 0 Å².